The highest BCUT2D eigenvalue weighted by Crippen LogP contribution is 2.47. The summed E-state index contributed by atoms with van der Waals surface area (Å²) in [5, 5.41) is 15.4. The smallest absolute Gasteiger partial charge is 0.294 e. The third-order valence-electron chi connectivity index (χ3n) is 6.27. The Hall–Kier alpha value is -3.56. The predicted molar refractivity (Wildman–Crippen MR) is 115 cm³/mol. The van der Waals surface area contributed by atoms with E-state index in [2.05, 4.69) is 10.1 Å². The Morgan fingerprint density at radius 2 is 1.70 bits per heavy atom. The molecule has 1 unspecified atom stereocenters. The van der Waals surface area contributed by atoms with Crippen molar-refractivity contribution in [1.29, 1.82) is 0 Å². The zero-order valence-electron chi connectivity index (χ0n) is 18.6. The summed E-state index contributed by atoms with van der Waals surface area (Å²) in [4.78, 5) is 27.3. The molecule has 174 valence electrons. The van der Waals surface area contributed by atoms with Crippen molar-refractivity contribution in [3.05, 3.63) is 86.5 Å². The summed E-state index contributed by atoms with van der Waals surface area (Å²) in [7, 11) is 0. The van der Waals surface area contributed by atoms with Crippen molar-refractivity contribution < 1.29 is 22.9 Å². The lowest BCUT2D eigenvalue weighted by Crippen LogP contribution is -2.50. The van der Waals surface area contributed by atoms with Gasteiger partial charge in [-0.25, -0.2) is 9.67 Å². The van der Waals surface area contributed by atoms with Crippen molar-refractivity contribution in [2.24, 2.45) is 0 Å². The number of aromatic nitrogens is 3. The van der Waals surface area contributed by atoms with Gasteiger partial charge in [-0.15, -0.1) is 0 Å². The number of rotatable bonds is 7. The molecule has 0 bridgehead atoms. The molecule has 1 atom stereocenters. The number of benzene rings is 2. The Morgan fingerprint density at radius 3 is 2.21 bits per heavy atom. The summed E-state index contributed by atoms with van der Waals surface area (Å²) in [6.07, 6.45) is -3.35. The first-order valence-corrected chi connectivity index (χ1v) is 10.1. The highest BCUT2D eigenvalue weighted by Gasteiger charge is 2.61. The monoisotopic (exact) mass is 460 g/mol. The number of hydrogen-bond donors (Lipinski definition) is 0. The molecule has 0 radical (unpaired) electrons. The average molecular weight is 460 g/mol. The fourth-order valence-electron chi connectivity index (χ4n) is 4.03. The van der Waals surface area contributed by atoms with Gasteiger partial charge in [0, 0.05) is 16.9 Å². The molecule has 2 aromatic carbocycles. The van der Waals surface area contributed by atoms with E-state index < -0.39 is 35.3 Å². The highest BCUT2D eigenvalue weighted by atomic mass is 19.4. The fraction of sp³-hybridized carbons (Fsp3) is 0.348. The maximum Gasteiger partial charge on any atom is 0.405 e. The zero-order valence-corrected chi connectivity index (χ0v) is 18.6. The van der Waals surface area contributed by atoms with E-state index in [-0.39, 0.29) is 11.1 Å². The second kappa shape index (κ2) is 8.76. The van der Waals surface area contributed by atoms with E-state index in [4.69, 9.17) is 0 Å². The van der Waals surface area contributed by atoms with Gasteiger partial charge in [-0.2, -0.15) is 18.3 Å². The molecular weight excluding hydrogens is 437 g/mol. The number of nitrogens with zero attached hydrogens (tertiary/aromatic N) is 4. The normalized spacial score (nSPS) is 13.5. The van der Waals surface area contributed by atoms with E-state index in [0.29, 0.717) is 22.4 Å². The summed E-state index contributed by atoms with van der Waals surface area (Å²) in [6.45, 7) is 5.19. The molecule has 0 saturated heterocycles. The van der Waals surface area contributed by atoms with Gasteiger partial charge >= 0.3 is 6.18 Å². The van der Waals surface area contributed by atoms with Crippen LogP contribution in [0.2, 0.25) is 0 Å². The summed E-state index contributed by atoms with van der Waals surface area (Å²) in [6, 6.07) is 7.14. The molecule has 0 aliphatic rings. The molecule has 0 amide bonds. The zero-order chi connectivity index (χ0) is 24.6. The van der Waals surface area contributed by atoms with E-state index in [0.717, 1.165) is 5.56 Å². The van der Waals surface area contributed by atoms with Gasteiger partial charge in [-0.1, -0.05) is 6.07 Å². The van der Waals surface area contributed by atoms with Crippen LogP contribution in [0.1, 0.15) is 44.6 Å². The number of nitro groups is 1. The van der Waals surface area contributed by atoms with Crippen molar-refractivity contribution in [2.75, 3.05) is 6.54 Å². The summed E-state index contributed by atoms with van der Waals surface area (Å²) in [5.41, 5.74) is -0.312. The second-order valence-corrected chi connectivity index (χ2v) is 8.17. The maximum absolute atomic E-state index is 14.6. The number of aryl methyl sites for hydroxylation is 1. The minimum Gasteiger partial charge on any atom is -0.294 e. The lowest BCUT2D eigenvalue weighted by atomic mass is 9.71. The number of hydrogen-bond acceptors (Lipinski definition) is 5. The number of halogens is 3. The topological polar surface area (TPSA) is 90.9 Å². The van der Waals surface area contributed by atoms with E-state index in [1.54, 1.807) is 20.8 Å². The number of ketones is 1. The van der Waals surface area contributed by atoms with Gasteiger partial charge in [-0.3, -0.25) is 14.9 Å². The molecule has 3 aromatic rings. The van der Waals surface area contributed by atoms with Crippen LogP contribution >= 0.6 is 0 Å². The summed E-state index contributed by atoms with van der Waals surface area (Å²) in [5.74, 6) is -0.838. The van der Waals surface area contributed by atoms with Crippen molar-refractivity contribution in [3.63, 3.8) is 0 Å². The number of carbonyl (C=O) groups is 1. The van der Waals surface area contributed by atoms with E-state index >= 15 is 0 Å². The first kappa shape index (κ1) is 24.1. The standard InChI is InChI=1S/C23H23F3N4O3/c1-14-9-20(17(4)16(3)15(14)2)22(11-30(32)33,23(24,25)26)10-21(31)18-5-7-19(8-6-18)29-13-27-12-28-29/h5-9,12-13H,10-11H2,1-4H3. The van der Waals surface area contributed by atoms with Gasteiger partial charge in [0.2, 0.25) is 6.54 Å². The lowest BCUT2D eigenvalue weighted by Gasteiger charge is -2.34. The van der Waals surface area contributed by atoms with Crippen LogP contribution in [-0.4, -0.2) is 38.2 Å². The largest absolute Gasteiger partial charge is 0.405 e. The van der Waals surface area contributed by atoms with Crippen molar-refractivity contribution in [3.8, 4) is 5.69 Å². The second-order valence-electron chi connectivity index (χ2n) is 8.17. The molecule has 1 heterocycles. The average Bonchev–Trinajstić information content (AvgIpc) is 3.28. The molecule has 7 nitrogen and oxygen atoms in total. The van der Waals surface area contributed by atoms with E-state index in [1.807, 2.05) is 0 Å². The molecular formula is C23H23F3N4O3. The minimum absolute atomic E-state index is 0.0223. The van der Waals surface area contributed by atoms with Crippen LogP contribution in [0.15, 0.2) is 43.0 Å². The maximum atomic E-state index is 14.6. The molecule has 33 heavy (non-hydrogen) atoms. The van der Waals surface area contributed by atoms with Crippen LogP contribution in [0, 0.1) is 37.8 Å². The van der Waals surface area contributed by atoms with E-state index in [1.165, 1.54) is 54.6 Å². The van der Waals surface area contributed by atoms with Gasteiger partial charge in [0.15, 0.2) is 11.2 Å². The molecule has 0 aliphatic carbocycles. The van der Waals surface area contributed by atoms with Crippen LogP contribution in [0.25, 0.3) is 5.69 Å². The predicted octanol–water partition coefficient (Wildman–Crippen LogP) is 4.85. The first-order valence-electron chi connectivity index (χ1n) is 10.1. The summed E-state index contributed by atoms with van der Waals surface area (Å²) >= 11 is 0. The molecule has 1 aromatic heterocycles. The molecule has 10 heteroatoms. The SMILES string of the molecule is Cc1cc(C(CC(=O)c2ccc(-n3cncn3)cc2)(C[N+](=O)[O-])C(F)(F)F)c(C)c(C)c1C. The van der Waals surface area contributed by atoms with Crippen LogP contribution in [0.5, 0.6) is 0 Å². The van der Waals surface area contributed by atoms with Gasteiger partial charge in [-0.05, 0) is 79.8 Å². The molecule has 0 N–H and O–H groups in total. The van der Waals surface area contributed by atoms with E-state index in [9.17, 15) is 28.1 Å². The molecule has 3 rings (SSSR count). The van der Waals surface area contributed by atoms with Gasteiger partial charge < -0.3 is 0 Å². The van der Waals surface area contributed by atoms with Crippen molar-refractivity contribution >= 4 is 5.78 Å². The Labute approximate surface area is 188 Å². The lowest BCUT2D eigenvalue weighted by molar-refractivity contribution is -0.501. The van der Waals surface area contributed by atoms with Crippen molar-refractivity contribution in [1.82, 2.24) is 14.8 Å². The Bertz CT molecular complexity index is 1190. The van der Waals surface area contributed by atoms with Crippen molar-refractivity contribution in [2.45, 2.75) is 45.7 Å². The van der Waals surface area contributed by atoms with Crippen LogP contribution in [-0.2, 0) is 5.41 Å². The molecule has 0 fully saturated rings. The van der Waals surface area contributed by atoms with Gasteiger partial charge in [0.05, 0.1) is 5.69 Å². The third-order valence-corrected chi connectivity index (χ3v) is 6.27. The highest BCUT2D eigenvalue weighted by molar-refractivity contribution is 5.97. The van der Waals surface area contributed by atoms with Crippen LogP contribution in [0.4, 0.5) is 13.2 Å². The van der Waals surface area contributed by atoms with Crippen LogP contribution < -0.4 is 0 Å². The third kappa shape index (κ3) is 4.50. The number of alkyl halides is 3. The van der Waals surface area contributed by atoms with Crippen LogP contribution in [0.3, 0.4) is 0 Å². The molecule has 0 saturated carbocycles. The summed E-state index contributed by atoms with van der Waals surface area (Å²) < 4.78 is 45.3. The Kier molecular flexibility index (Phi) is 6.40. The fourth-order valence-corrected chi connectivity index (χ4v) is 4.03. The van der Waals surface area contributed by atoms with Gasteiger partial charge in [0.1, 0.15) is 12.7 Å². The Morgan fingerprint density at radius 1 is 1.06 bits per heavy atom. The molecule has 0 spiro atoms. The Balaban J connectivity index is 2.11. The van der Waals surface area contributed by atoms with Gasteiger partial charge in [0.25, 0.3) is 0 Å². The first-order chi connectivity index (χ1) is 15.4. The quantitative estimate of drug-likeness (QED) is 0.286. The number of carbonyl (C=O) groups excluding carboxylic acids is 1. The minimum atomic E-state index is -5.03. The number of Topliss-reactive ketones (excluding diaryl/α,β-unsaturated/α-hetero) is 1. The molecule has 0 aliphatic heterocycles.